The Balaban J connectivity index is 1.58. The van der Waals surface area contributed by atoms with E-state index in [0.29, 0.717) is 37.6 Å². The summed E-state index contributed by atoms with van der Waals surface area (Å²) in [5, 5.41) is 7.05. The first-order chi connectivity index (χ1) is 13.2. The number of methoxy groups -OCH3 is 1. The van der Waals surface area contributed by atoms with Gasteiger partial charge in [0.2, 0.25) is 0 Å². The van der Waals surface area contributed by atoms with E-state index in [1.165, 1.54) is 0 Å². The Morgan fingerprint density at radius 2 is 2.26 bits per heavy atom. The third kappa shape index (κ3) is 5.07. The molecule has 0 saturated heterocycles. The summed E-state index contributed by atoms with van der Waals surface area (Å²) in [7, 11) is 1.60. The molecule has 1 aromatic carbocycles. The average molecular weight is 372 g/mol. The van der Waals surface area contributed by atoms with Crippen LogP contribution in [0, 0.1) is 0 Å². The van der Waals surface area contributed by atoms with Gasteiger partial charge in [-0.05, 0) is 30.7 Å². The van der Waals surface area contributed by atoms with Crippen LogP contribution in [0.15, 0.2) is 36.7 Å². The number of benzene rings is 1. The van der Waals surface area contributed by atoms with Crippen LogP contribution >= 0.6 is 0 Å². The Morgan fingerprint density at radius 3 is 3.04 bits per heavy atom. The number of aromatic nitrogens is 2. The van der Waals surface area contributed by atoms with E-state index in [9.17, 15) is 9.59 Å². The number of ether oxygens (including phenoxy) is 2. The molecule has 3 rings (SSSR count). The lowest BCUT2D eigenvalue weighted by atomic mass is 10.1. The number of hydrogen-bond acceptors (Lipinski definition) is 5. The minimum Gasteiger partial charge on any atom is -0.483 e. The molecular weight excluding hydrogens is 348 g/mol. The highest BCUT2D eigenvalue weighted by atomic mass is 16.5. The van der Waals surface area contributed by atoms with Crippen molar-refractivity contribution in [2.24, 2.45) is 0 Å². The van der Waals surface area contributed by atoms with Crippen molar-refractivity contribution >= 4 is 11.8 Å². The molecule has 2 heterocycles. The molecule has 0 bridgehead atoms. The molecule has 2 amide bonds. The molecule has 0 unspecified atom stereocenters. The lowest BCUT2D eigenvalue weighted by Crippen LogP contribution is -2.34. The standard InChI is InChI=1S/C19H24N4O4/c1-26-11-10-22-13-16-12-15(4-5-17(16)27-14-18(22)24)19(25)20-6-2-8-23-9-3-7-21-23/h3-5,7,9,12H,2,6,8,10-11,13-14H2,1H3,(H,20,25). The first-order valence-corrected chi connectivity index (χ1v) is 8.95. The molecule has 0 fully saturated rings. The maximum absolute atomic E-state index is 12.4. The largest absolute Gasteiger partial charge is 0.483 e. The quantitative estimate of drug-likeness (QED) is 0.701. The third-order valence-electron chi connectivity index (χ3n) is 4.36. The summed E-state index contributed by atoms with van der Waals surface area (Å²) in [6.07, 6.45) is 4.42. The maximum Gasteiger partial charge on any atom is 0.260 e. The van der Waals surface area contributed by atoms with Gasteiger partial charge in [-0.2, -0.15) is 5.10 Å². The van der Waals surface area contributed by atoms with Crippen LogP contribution in [0.4, 0.5) is 0 Å². The Hall–Kier alpha value is -2.87. The first-order valence-electron chi connectivity index (χ1n) is 8.95. The van der Waals surface area contributed by atoms with E-state index in [2.05, 4.69) is 10.4 Å². The molecule has 1 aliphatic heterocycles. The van der Waals surface area contributed by atoms with Crippen molar-refractivity contribution in [3.05, 3.63) is 47.8 Å². The predicted molar refractivity (Wildman–Crippen MR) is 98.4 cm³/mol. The highest BCUT2D eigenvalue weighted by Gasteiger charge is 2.22. The van der Waals surface area contributed by atoms with E-state index in [1.54, 1.807) is 36.4 Å². The molecule has 1 aliphatic rings. The highest BCUT2D eigenvalue weighted by molar-refractivity contribution is 5.94. The number of nitrogens with zero attached hydrogens (tertiary/aromatic N) is 3. The molecule has 8 heteroatoms. The van der Waals surface area contributed by atoms with E-state index in [-0.39, 0.29) is 18.4 Å². The topological polar surface area (TPSA) is 85.7 Å². The Bertz CT molecular complexity index is 776. The second-order valence-electron chi connectivity index (χ2n) is 6.30. The maximum atomic E-state index is 12.4. The molecule has 144 valence electrons. The van der Waals surface area contributed by atoms with Gasteiger partial charge in [-0.25, -0.2) is 0 Å². The average Bonchev–Trinajstić information content (AvgIpc) is 3.14. The molecule has 0 radical (unpaired) electrons. The van der Waals surface area contributed by atoms with Crippen molar-refractivity contribution in [2.45, 2.75) is 19.5 Å². The molecule has 1 aromatic heterocycles. The van der Waals surface area contributed by atoms with Crippen LogP contribution in [-0.4, -0.2) is 59.9 Å². The zero-order valence-electron chi connectivity index (χ0n) is 15.4. The van der Waals surface area contributed by atoms with Gasteiger partial charge in [-0.15, -0.1) is 0 Å². The number of aryl methyl sites for hydroxylation is 1. The van der Waals surface area contributed by atoms with E-state index in [4.69, 9.17) is 9.47 Å². The summed E-state index contributed by atoms with van der Waals surface area (Å²) in [5.41, 5.74) is 1.37. The van der Waals surface area contributed by atoms with Crippen LogP contribution in [0.5, 0.6) is 5.75 Å². The number of hydrogen-bond donors (Lipinski definition) is 1. The Labute approximate surface area is 158 Å². The zero-order valence-corrected chi connectivity index (χ0v) is 15.4. The van der Waals surface area contributed by atoms with E-state index in [0.717, 1.165) is 18.5 Å². The van der Waals surface area contributed by atoms with Gasteiger partial charge in [0.1, 0.15) is 5.75 Å². The highest BCUT2D eigenvalue weighted by Crippen LogP contribution is 2.24. The first kappa shape index (κ1) is 18.9. The molecule has 0 saturated carbocycles. The minimum atomic E-state index is -0.141. The van der Waals surface area contributed by atoms with Crippen LogP contribution in [0.3, 0.4) is 0 Å². The predicted octanol–water partition coefficient (Wildman–Crippen LogP) is 1.07. The van der Waals surface area contributed by atoms with Gasteiger partial charge in [0.15, 0.2) is 6.61 Å². The van der Waals surface area contributed by atoms with Crippen molar-refractivity contribution in [3.8, 4) is 5.75 Å². The van der Waals surface area contributed by atoms with Crippen molar-refractivity contribution in [2.75, 3.05) is 33.4 Å². The van der Waals surface area contributed by atoms with Gasteiger partial charge in [0.05, 0.1) is 6.61 Å². The molecule has 2 aromatic rings. The molecular formula is C19H24N4O4. The Morgan fingerprint density at radius 1 is 1.37 bits per heavy atom. The number of fused-ring (bicyclic) bond motifs is 1. The second-order valence-corrected chi connectivity index (χ2v) is 6.30. The number of nitrogens with one attached hydrogen (secondary N) is 1. The lowest BCUT2D eigenvalue weighted by molar-refractivity contribution is -0.133. The van der Waals surface area contributed by atoms with Gasteiger partial charge < -0.3 is 19.7 Å². The van der Waals surface area contributed by atoms with Gasteiger partial charge in [0.25, 0.3) is 11.8 Å². The van der Waals surface area contributed by atoms with Crippen molar-refractivity contribution in [1.82, 2.24) is 20.0 Å². The fourth-order valence-electron chi connectivity index (χ4n) is 2.89. The zero-order chi connectivity index (χ0) is 19.1. The van der Waals surface area contributed by atoms with E-state index < -0.39 is 0 Å². The number of carbonyl (C=O) groups is 2. The smallest absolute Gasteiger partial charge is 0.260 e. The summed E-state index contributed by atoms with van der Waals surface area (Å²) >= 11 is 0. The number of amides is 2. The Kier molecular flexibility index (Phi) is 6.43. The van der Waals surface area contributed by atoms with Crippen LogP contribution in [0.25, 0.3) is 0 Å². The minimum absolute atomic E-state index is 0.00428. The normalized spacial score (nSPS) is 13.7. The van der Waals surface area contributed by atoms with Gasteiger partial charge in [0, 0.05) is 56.8 Å². The van der Waals surface area contributed by atoms with Gasteiger partial charge in [-0.1, -0.05) is 0 Å². The molecule has 0 atom stereocenters. The molecule has 0 aliphatic carbocycles. The fraction of sp³-hybridized carbons (Fsp3) is 0.421. The van der Waals surface area contributed by atoms with Crippen LogP contribution < -0.4 is 10.1 Å². The molecule has 0 spiro atoms. The SMILES string of the molecule is COCCN1Cc2cc(C(=O)NCCCn3cccn3)ccc2OCC1=O. The lowest BCUT2D eigenvalue weighted by Gasteiger charge is -2.19. The van der Waals surface area contributed by atoms with Crippen molar-refractivity contribution in [3.63, 3.8) is 0 Å². The number of rotatable bonds is 8. The molecule has 27 heavy (non-hydrogen) atoms. The fourth-order valence-corrected chi connectivity index (χ4v) is 2.89. The van der Waals surface area contributed by atoms with Crippen molar-refractivity contribution in [1.29, 1.82) is 0 Å². The molecule has 8 nitrogen and oxygen atoms in total. The third-order valence-corrected chi connectivity index (χ3v) is 4.36. The summed E-state index contributed by atoms with van der Waals surface area (Å²) < 4.78 is 12.5. The van der Waals surface area contributed by atoms with Crippen LogP contribution in [0.1, 0.15) is 22.3 Å². The van der Waals surface area contributed by atoms with Gasteiger partial charge in [-0.3, -0.25) is 14.3 Å². The van der Waals surface area contributed by atoms with Crippen LogP contribution in [0.2, 0.25) is 0 Å². The van der Waals surface area contributed by atoms with E-state index in [1.807, 2.05) is 16.9 Å². The monoisotopic (exact) mass is 372 g/mol. The van der Waals surface area contributed by atoms with Crippen LogP contribution in [-0.2, 0) is 22.6 Å². The molecule has 1 N–H and O–H groups in total. The van der Waals surface area contributed by atoms with E-state index >= 15 is 0 Å². The number of carbonyl (C=O) groups excluding carboxylic acids is 2. The summed E-state index contributed by atoms with van der Waals surface area (Å²) in [6, 6.07) is 7.13. The summed E-state index contributed by atoms with van der Waals surface area (Å²) in [5.74, 6) is 0.406. The summed E-state index contributed by atoms with van der Waals surface area (Å²) in [4.78, 5) is 26.2. The summed E-state index contributed by atoms with van der Waals surface area (Å²) in [6.45, 7) is 2.65. The van der Waals surface area contributed by atoms with Crippen molar-refractivity contribution < 1.29 is 19.1 Å². The second kappa shape index (κ2) is 9.18. The van der Waals surface area contributed by atoms with Gasteiger partial charge >= 0.3 is 0 Å².